The van der Waals surface area contributed by atoms with Crippen LogP contribution in [0.2, 0.25) is 0 Å². The number of anilines is 1. The van der Waals surface area contributed by atoms with Crippen molar-refractivity contribution in [2.24, 2.45) is 0 Å². The van der Waals surface area contributed by atoms with E-state index in [0.29, 0.717) is 28.8 Å². The van der Waals surface area contributed by atoms with Crippen molar-refractivity contribution in [3.63, 3.8) is 0 Å². The maximum atomic E-state index is 12.1. The Morgan fingerprint density at radius 1 is 1.31 bits per heavy atom. The van der Waals surface area contributed by atoms with Crippen molar-refractivity contribution < 1.29 is 13.9 Å². The van der Waals surface area contributed by atoms with Crippen LogP contribution in [0.5, 0.6) is 0 Å². The summed E-state index contributed by atoms with van der Waals surface area (Å²) in [6, 6.07) is 12.7. The molecule has 0 aliphatic heterocycles. The Kier molecular flexibility index (Phi) is 6.01. The molecule has 3 aromatic rings. The number of nitrogens with one attached hydrogen (secondary N) is 1. The number of thioether (sulfide) groups is 1. The summed E-state index contributed by atoms with van der Waals surface area (Å²) in [4.78, 5) is 12.1. The molecular weight excluding hydrogens is 372 g/mol. The maximum Gasteiger partial charge on any atom is 0.293 e. The number of hydrogen-bond acceptors (Lipinski definition) is 8. The molecule has 132 valence electrons. The van der Waals surface area contributed by atoms with Crippen molar-refractivity contribution >= 4 is 34.1 Å². The molecule has 1 N–H and O–H groups in total. The van der Waals surface area contributed by atoms with Gasteiger partial charge in [-0.05, 0) is 29.8 Å². The third-order valence-corrected chi connectivity index (χ3v) is 5.29. The lowest BCUT2D eigenvalue weighted by atomic mass is 10.2. The molecule has 0 unspecified atom stereocenters. The van der Waals surface area contributed by atoms with Gasteiger partial charge in [-0.2, -0.15) is 5.26 Å². The van der Waals surface area contributed by atoms with Crippen LogP contribution in [0.25, 0.3) is 0 Å². The second-order valence-corrected chi connectivity index (χ2v) is 7.32. The van der Waals surface area contributed by atoms with E-state index >= 15 is 0 Å². The minimum absolute atomic E-state index is 0.194. The fraction of sp³-hybridized carbons (Fsp3) is 0.176. The van der Waals surface area contributed by atoms with E-state index in [9.17, 15) is 4.79 Å². The van der Waals surface area contributed by atoms with Crippen LogP contribution in [-0.2, 0) is 17.1 Å². The zero-order valence-corrected chi connectivity index (χ0v) is 15.4. The second kappa shape index (κ2) is 8.62. The average Bonchev–Trinajstić information content (AvgIpc) is 3.30. The van der Waals surface area contributed by atoms with Crippen molar-refractivity contribution in [3.05, 3.63) is 59.0 Å². The molecule has 0 radical (unpaired) electrons. The van der Waals surface area contributed by atoms with Gasteiger partial charge >= 0.3 is 0 Å². The summed E-state index contributed by atoms with van der Waals surface area (Å²) in [6.45, 7) is 0.308. The quantitative estimate of drug-likeness (QED) is 0.488. The summed E-state index contributed by atoms with van der Waals surface area (Å²) in [6.07, 6.45) is 0. The van der Waals surface area contributed by atoms with Crippen LogP contribution in [0.15, 0.2) is 45.2 Å². The predicted octanol–water partition coefficient (Wildman–Crippen LogP) is 3.69. The number of methoxy groups -OCH3 is 1. The maximum absolute atomic E-state index is 12.1. The fourth-order valence-corrected chi connectivity index (χ4v) is 3.72. The first-order valence-corrected chi connectivity index (χ1v) is 9.32. The van der Waals surface area contributed by atoms with Crippen LogP contribution in [0.3, 0.4) is 0 Å². The van der Waals surface area contributed by atoms with Crippen molar-refractivity contribution in [1.29, 1.82) is 5.26 Å². The molecule has 1 amide bonds. The van der Waals surface area contributed by atoms with Gasteiger partial charge in [0, 0.05) is 12.9 Å². The number of carbonyl (C=O) groups excluding carboxylic acids is 1. The molecule has 0 saturated heterocycles. The first-order chi connectivity index (χ1) is 12.7. The Morgan fingerprint density at radius 2 is 2.12 bits per heavy atom. The topological polar surface area (TPSA) is 101 Å². The SMILES string of the molecule is COCc1ccc(C(=O)Nc2nnc(SCc3ccc(C#N)cc3)s2)o1. The van der Waals surface area contributed by atoms with Crippen molar-refractivity contribution in [1.82, 2.24) is 10.2 Å². The largest absolute Gasteiger partial charge is 0.453 e. The van der Waals surface area contributed by atoms with Crippen molar-refractivity contribution in [2.45, 2.75) is 16.7 Å². The first-order valence-electron chi connectivity index (χ1n) is 7.52. The summed E-state index contributed by atoms with van der Waals surface area (Å²) >= 11 is 2.80. The van der Waals surface area contributed by atoms with Gasteiger partial charge < -0.3 is 9.15 Å². The summed E-state index contributed by atoms with van der Waals surface area (Å²) in [5, 5.41) is 19.9. The number of amides is 1. The lowest BCUT2D eigenvalue weighted by Gasteiger charge is -1.98. The number of ether oxygens (including phenoxy) is 1. The molecule has 0 fully saturated rings. The van der Waals surface area contributed by atoms with Gasteiger partial charge in [0.25, 0.3) is 5.91 Å². The van der Waals surface area contributed by atoms with Crippen LogP contribution in [0.4, 0.5) is 5.13 Å². The number of benzene rings is 1. The van der Waals surface area contributed by atoms with Gasteiger partial charge in [-0.15, -0.1) is 10.2 Å². The average molecular weight is 386 g/mol. The zero-order chi connectivity index (χ0) is 18.4. The molecule has 0 saturated carbocycles. The Hall–Kier alpha value is -2.67. The highest BCUT2D eigenvalue weighted by molar-refractivity contribution is 8.00. The Bertz CT molecular complexity index is 928. The summed E-state index contributed by atoms with van der Waals surface area (Å²) in [7, 11) is 1.56. The fourth-order valence-electron chi connectivity index (χ4n) is 2.02. The lowest BCUT2D eigenvalue weighted by Crippen LogP contribution is -2.10. The van der Waals surface area contributed by atoms with Crippen LogP contribution in [-0.4, -0.2) is 23.2 Å². The highest BCUT2D eigenvalue weighted by atomic mass is 32.2. The summed E-state index contributed by atoms with van der Waals surface area (Å²) in [5.41, 5.74) is 1.71. The number of rotatable bonds is 7. The third-order valence-electron chi connectivity index (χ3n) is 3.24. The van der Waals surface area contributed by atoms with E-state index < -0.39 is 0 Å². The van der Waals surface area contributed by atoms with E-state index in [0.717, 1.165) is 9.90 Å². The van der Waals surface area contributed by atoms with Gasteiger partial charge in [0.05, 0.1) is 11.6 Å². The molecule has 3 rings (SSSR count). The summed E-state index contributed by atoms with van der Waals surface area (Å²) < 4.78 is 11.1. The molecule has 1 aromatic carbocycles. The number of furan rings is 1. The molecular formula is C17H14N4O3S2. The van der Waals surface area contributed by atoms with Gasteiger partial charge in [-0.3, -0.25) is 10.1 Å². The molecule has 26 heavy (non-hydrogen) atoms. The van der Waals surface area contributed by atoms with Crippen LogP contribution in [0, 0.1) is 11.3 Å². The number of hydrogen-bond donors (Lipinski definition) is 1. The number of aromatic nitrogens is 2. The molecule has 7 nitrogen and oxygen atoms in total. The highest BCUT2D eigenvalue weighted by Crippen LogP contribution is 2.28. The monoisotopic (exact) mass is 386 g/mol. The number of nitrogens with zero attached hydrogens (tertiary/aromatic N) is 3. The zero-order valence-electron chi connectivity index (χ0n) is 13.8. The molecule has 0 aliphatic carbocycles. The Labute approximate surface area is 158 Å². The third kappa shape index (κ3) is 4.70. The van der Waals surface area contributed by atoms with Gasteiger partial charge in [-0.1, -0.05) is 35.2 Å². The standard InChI is InChI=1S/C17H14N4O3S2/c1-23-9-13-6-7-14(24-13)15(22)19-16-20-21-17(26-16)25-10-12-4-2-11(8-18)3-5-12/h2-7H,9-10H2,1H3,(H,19,20,22). The minimum Gasteiger partial charge on any atom is -0.453 e. The number of nitriles is 1. The predicted molar refractivity (Wildman–Crippen MR) is 98.0 cm³/mol. The van der Waals surface area contributed by atoms with Crippen molar-refractivity contribution in [2.75, 3.05) is 12.4 Å². The minimum atomic E-state index is -0.382. The molecule has 0 spiro atoms. The van der Waals surface area contributed by atoms with Gasteiger partial charge in [0.2, 0.25) is 5.13 Å². The lowest BCUT2D eigenvalue weighted by molar-refractivity contribution is 0.0987. The first kappa shape index (κ1) is 18.1. The molecule has 0 aliphatic rings. The van der Waals surface area contributed by atoms with E-state index in [1.807, 2.05) is 12.1 Å². The van der Waals surface area contributed by atoms with Crippen LogP contribution in [0.1, 0.15) is 27.4 Å². The van der Waals surface area contributed by atoms with Gasteiger partial charge in [0.1, 0.15) is 12.4 Å². The molecule has 2 heterocycles. The Morgan fingerprint density at radius 3 is 2.85 bits per heavy atom. The van der Waals surface area contributed by atoms with Gasteiger partial charge in [0.15, 0.2) is 10.1 Å². The normalized spacial score (nSPS) is 10.5. The van der Waals surface area contributed by atoms with E-state index in [2.05, 4.69) is 21.6 Å². The van der Waals surface area contributed by atoms with E-state index in [1.165, 1.54) is 23.1 Å². The molecule has 0 bridgehead atoms. The number of carbonyl (C=O) groups is 1. The van der Waals surface area contributed by atoms with Crippen molar-refractivity contribution in [3.8, 4) is 6.07 Å². The van der Waals surface area contributed by atoms with E-state index in [-0.39, 0.29) is 11.7 Å². The van der Waals surface area contributed by atoms with E-state index in [1.54, 1.807) is 31.4 Å². The van der Waals surface area contributed by atoms with Crippen LogP contribution >= 0.6 is 23.1 Å². The van der Waals surface area contributed by atoms with E-state index in [4.69, 9.17) is 14.4 Å². The molecule has 0 atom stereocenters. The van der Waals surface area contributed by atoms with Crippen LogP contribution < -0.4 is 5.32 Å². The molecule has 9 heteroatoms. The highest BCUT2D eigenvalue weighted by Gasteiger charge is 2.14. The Balaban J connectivity index is 1.55. The smallest absolute Gasteiger partial charge is 0.293 e. The molecule has 2 aromatic heterocycles. The van der Waals surface area contributed by atoms with Gasteiger partial charge in [-0.25, -0.2) is 0 Å². The second-order valence-electron chi connectivity index (χ2n) is 5.12. The summed E-state index contributed by atoms with van der Waals surface area (Å²) in [5.74, 6) is 1.09.